The lowest BCUT2D eigenvalue weighted by molar-refractivity contribution is 0.101. The van der Waals surface area contributed by atoms with Crippen LogP contribution in [0.15, 0.2) is 47.1 Å². The number of aromatic amines is 1. The number of hydrogen-bond acceptors (Lipinski definition) is 7. The van der Waals surface area contributed by atoms with Crippen molar-refractivity contribution in [3.8, 4) is 23.0 Å². The molecule has 0 fully saturated rings. The van der Waals surface area contributed by atoms with Gasteiger partial charge >= 0.3 is 0 Å². The van der Waals surface area contributed by atoms with Crippen LogP contribution < -0.4 is 14.8 Å². The van der Waals surface area contributed by atoms with Crippen LogP contribution in [-0.2, 0) is 6.42 Å². The van der Waals surface area contributed by atoms with E-state index in [2.05, 4.69) is 20.4 Å². The van der Waals surface area contributed by atoms with E-state index < -0.39 is 0 Å². The number of Topliss-reactive ketones (excluding diaryl/α,β-unsaturated/α-hetero) is 1. The first-order valence-corrected chi connectivity index (χ1v) is 9.56. The monoisotopic (exact) mass is 406 g/mol. The van der Waals surface area contributed by atoms with E-state index in [4.69, 9.17) is 14.0 Å². The third kappa shape index (κ3) is 3.71. The van der Waals surface area contributed by atoms with Crippen molar-refractivity contribution >= 4 is 22.4 Å². The molecule has 2 aromatic carbocycles. The highest BCUT2D eigenvalue weighted by molar-refractivity contribution is 6.09. The number of rotatable bonds is 8. The third-order valence-electron chi connectivity index (χ3n) is 4.86. The lowest BCUT2D eigenvalue weighted by atomic mass is 10.1. The van der Waals surface area contributed by atoms with Gasteiger partial charge in [-0.25, -0.2) is 0 Å². The lowest BCUT2D eigenvalue weighted by Gasteiger charge is -2.11. The van der Waals surface area contributed by atoms with E-state index >= 15 is 0 Å². The Morgan fingerprint density at radius 3 is 2.77 bits per heavy atom. The third-order valence-corrected chi connectivity index (χ3v) is 4.86. The molecule has 0 aliphatic carbocycles. The van der Waals surface area contributed by atoms with Crippen LogP contribution in [0.25, 0.3) is 22.4 Å². The molecule has 0 saturated carbocycles. The van der Waals surface area contributed by atoms with Crippen molar-refractivity contribution in [1.82, 2.24) is 15.1 Å². The van der Waals surface area contributed by atoms with Gasteiger partial charge in [-0.1, -0.05) is 12.1 Å². The number of ether oxygens (including phenoxy) is 2. The number of nitrogens with one attached hydrogen (secondary N) is 2. The smallest absolute Gasteiger partial charge is 0.257 e. The maximum Gasteiger partial charge on any atom is 0.257 e. The highest BCUT2D eigenvalue weighted by Gasteiger charge is 2.15. The highest BCUT2D eigenvalue weighted by Crippen LogP contribution is 2.30. The average molecular weight is 406 g/mol. The maximum atomic E-state index is 12.8. The van der Waals surface area contributed by atoms with Gasteiger partial charge in [0.25, 0.3) is 5.89 Å². The molecule has 0 spiro atoms. The minimum Gasteiger partial charge on any atom is -0.497 e. The van der Waals surface area contributed by atoms with Crippen molar-refractivity contribution in [2.24, 2.45) is 0 Å². The zero-order valence-corrected chi connectivity index (χ0v) is 17.0. The summed E-state index contributed by atoms with van der Waals surface area (Å²) in [6.07, 6.45) is 2.41. The molecule has 2 heterocycles. The number of H-pyrrole nitrogens is 1. The maximum absolute atomic E-state index is 12.8. The first kappa shape index (κ1) is 19.5. The summed E-state index contributed by atoms with van der Waals surface area (Å²) in [6.45, 7) is 2.06. The lowest BCUT2D eigenvalue weighted by Crippen LogP contribution is -2.14. The van der Waals surface area contributed by atoms with Crippen LogP contribution in [0.3, 0.4) is 0 Å². The van der Waals surface area contributed by atoms with Gasteiger partial charge in [0.05, 0.1) is 26.5 Å². The summed E-state index contributed by atoms with van der Waals surface area (Å²) in [7, 11) is 3.19. The summed E-state index contributed by atoms with van der Waals surface area (Å²) in [4.78, 5) is 20.3. The fourth-order valence-electron chi connectivity index (χ4n) is 3.23. The van der Waals surface area contributed by atoms with E-state index in [1.54, 1.807) is 26.5 Å². The zero-order chi connectivity index (χ0) is 21.1. The van der Waals surface area contributed by atoms with Crippen molar-refractivity contribution in [3.63, 3.8) is 0 Å². The molecule has 154 valence electrons. The van der Waals surface area contributed by atoms with E-state index in [-0.39, 0.29) is 12.3 Å². The molecule has 2 N–H and O–H groups in total. The van der Waals surface area contributed by atoms with Crippen LogP contribution in [0.1, 0.15) is 23.1 Å². The van der Waals surface area contributed by atoms with Crippen molar-refractivity contribution in [3.05, 3.63) is 54.0 Å². The van der Waals surface area contributed by atoms with Gasteiger partial charge in [-0.3, -0.25) is 4.79 Å². The van der Waals surface area contributed by atoms with Crippen molar-refractivity contribution in [2.75, 3.05) is 26.1 Å². The number of benzene rings is 2. The molecule has 0 aliphatic rings. The van der Waals surface area contributed by atoms with E-state index in [9.17, 15) is 4.79 Å². The summed E-state index contributed by atoms with van der Waals surface area (Å²) in [6, 6.07) is 11.0. The summed E-state index contributed by atoms with van der Waals surface area (Å²) in [5.41, 5.74) is 2.87. The summed E-state index contributed by atoms with van der Waals surface area (Å²) in [5.74, 6) is 2.36. The molecule has 0 aliphatic heterocycles. The van der Waals surface area contributed by atoms with Crippen LogP contribution in [0.5, 0.6) is 11.5 Å². The fraction of sp³-hybridized carbons (Fsp3) is 0.227. The van der Waals surface area contributed by atoms with Crippen LogP contribution in [0, 0.1) is 0 Å². The fourth-order valence-corrected chi connectivity index (χ4v) is 3.23. The van der Waals surface area contributed by atoms with Crippen molar-refractivity contribution in [2.45, 2.75) is 13.3 Å². The van der Waals surface area contributed by atoms with Crippen molar-refractivity contribution in [1.29, 1.82) is 0 Å². The van der Waals surface area contributed by atoms with E-state index in [0.717, 1.165) is 22.2 Å². The normalized spacial score (nSPS) is 10.9. The number of carbonyl (C=O) groups is 1. The molecule has 0 unspecified atom stereocenters. The molecule has 2 aromatic heterocycles. The molecule has 8 heteroatoms. The van der Waals surface area contributed by atoms with E-state index in [1.165, 1.54) is 0 Å². The molecule has 0 atom stereocenters. The quantitative estimate of drug-likeness (QED) is 0.425. The second-order valence-electron chi connectivity index (χ2n) is 6.67. The number of hydrogen-bond donors (Lipinski definition) is 2. The largest absolute Gasteiger partial charge is 0.497 e. The number of methoxy groups -OCH3 is 2. The van der Waals surface area contributed by atoms with Crippen LogP contribution in [-0.4, -0.2) is 41.7 Å². The standard InChI is InChI=1S/C22H22N4O4/c1-4-21-25-22(30-26-21)13-5-8-20(29-3)18(9-13)24-12-19(27)16-11-23-17-10-14(28-2)6-7-15(16)17/h5-11,23-24H,4,12H2,1-3H3. The molecule has 0 bridgehead atoms. The number of anilines is 1. The Hall–Kier alpha value is -3.81. The van der Waals surface area contributed by atoms with Gasteiger partial charge in [0.15, 0.2) is 11.6 Å². The van der Waals surface area contributed by atoms with Gasteiger partial charge in [0.1, 0.15) is 11.5 Å². The second kappa shape index (κ2) is 8.28. The number of nitrogens with zero attached hydrogens (tertiary/aromatic N) is 2. The highest BCUT2D eigenvalue weighted by atomic mass is 16.5. The second-order valence-corrected chi connectivity index (χ2v) is 6.67. The molecule has 4 rings (SSSR count). The van der Waals surface area contributed by atoms with Crippen LogP contribution in [0.4, 0.5) is 5.69 Å². The molecule has 4 aromatic rings. The van der Waals surface area contributed by atoms with Gasteiger partial charge in [-0.2, -0.15) is 4.98 Å². The number of carbonyl (C=O) groups excluding carboxylic acids is 1. The predicted octanol–water partition coefficient (Wildman–Crippen LogP) is 4.09. The van der Waals surface area contributed by atoms with Gasteiger partial charge in [-0.05, 0) is 30.3 Å². The number of fused-ring (bicyclic) bond motifs is 1. The van der Waals surface area contributed by atoms with Gasteiger partial charge in [-0.15, -0.1) is 0 Å². The summed E-state index contributed by atoms with van der Waals surface area (Å²) in [5, 5.41) is 7.94. The van der Waals surface area contributed by atoms with Crippen molar-refractivity contribution < 1.29 is 18.8 Å². The predicted molar refractivity (Wildman–Crippen MR) is 113 cm³/mol. The molecule has 8 nitrogen and oxygen atoms in total. The van der Waals surface area contributed by atoms with Gasteiger partial charge in [0, 0.05) is 40.7 Å². The first-order valence-electron chi connectivity index (χ1n) is 9.56. The summed E-state index contributed by atoms with van der Waals surface area (Å²) < 4.78 is 16.0. The Morgan fingerprint density at radius 1 is 1.17 bits per heavy atom. The first-order chi connectivity index (χ1) is 14.6. The summed E-state index contributed by atoms with van der Waals surface area (Å²) >= 11 is 0. The Labute approximate surface area is 173 Å². The number of aromatic nitrogens is 3. The number of aryl methyl sites for hydroxylation is 1. The Bertz CT molecular complexity index is 1200. The van der Waals surface area contributed by atoms with Gasteiger partial charge < -0.3 is 24.3 Å². The SMILES string of the molecule is CCc1noc(-c2ccc(OC)c(NCC(=O)c3c[nH]c4cc(OC)ccc34)c2)n1. The Balaban J connectivity index is 1.55. The van der Waals surface area contributed by atoms with Gasteiger partial charge in [0.2, 0.25) is 0 Å². The number of ketones is 1. The van der Waals surface area contributed by atoms with Crippen LogP contribution in [0.2, 0.25) is 0 Å². The molecule has 0 saturated heterocycles. The molecular formula is C22H22N4O4. The Kier molecular flexibility index (Phi) is 5.38. The van der Waals surface area contributed by atoms with E-state index in [0.29, 0.717) is 35.1 Å². The molecular weight excluding hydrogens is 384 g/mol. The van der Waals surface area contributed by atoms with Crippen LogP contribution >= 0.6 is 0 Å². The zero-order valence-electron chi connectivity index (χ0n) is 17.0. The molecule has 30 heavy (non-hydrogen) atoms. The topological polar surface area (TPSA) is 102 Å². The van der Waals surface area contributed by atoms with E-state index in [1.807, 2.05) is 37.3 Å². The average Bonchev–Trinajstić information content (AvgIpc) is 3.43. The Morgan fingerprint density at radius 2 is 2.03 bits per heavy atom. The molecule has 0 radical (unpaired) electrons. The minimum atomic E-state index is -0.0510. The molecule has 0 amide bonds. The minimum absolute atomic E-state index is 0.0510.